The first-order chi connectivity index (χ1) is 15.7. The van der Waals surface area contributed by atoms with E-state index < -0.39 is 5.91 Å². The fourth-order valence-electron chi connectivity index (χ4n) is 3.09. The van der Waals surface area contributed by atoms with E-state index in [9.17, 15) is 4.79 Å². The van der Waals surface area contributed by atoms with Gasteiger partial charge in [-0.2, -0.15) is 5.10 Å². The minimum absolute atomic E-state index is 0.353. The average molecular weight is 434 g/mol. The van der Waals surface area contributed by atoms with Crippen LogP contribution in [0.4, 0.5) is 0 Å². The molecule has 0 saturated carbocycles. The number of nitrogens with one attached hydrogen (secondary N) is 1. The Morgan fingerprint density at radius 3 is 1.94 bits per heavy atom. The maximum Gasteiger partial charge on any atom is 0.271 e. The highest BCUT2D eigenvalue weighted by atomic mass is 16.5. The van der Waals surface area contributed by atoms with Crippen molar-refractivity contribution in [2.75, 3.05) is 19.8 Å². The van der Waals surface area contributed by atoms with Crippen LogP contribution in [0.5, 0.6) is 17.2 Å². The second-order valence-electron chi connectivity index (χ2n) is 6.60. The highest BCUT2D eigenvalue weighted by Crippen LogP contribution is 2.39. The van der Waals surface area contributed by atoms with Gasteiger partial charge >= 0.3 is 0 Å². The predicted molar refractivity (Wildman–Crippen MR) is 124 cm³/mol. The fourth-order valence-corrected chi connectivity index (χ4v) is 3.09. The smallest absolute Gasteiger partial charge is 0.271 e. The molecule has 0 spiro atoms. The third-order valence-electron chi connectivity index (χ3n) is 4.44. The molecular formula is C25H27N3O4. The van der Waals surface area contributed by atoms with Crippen LogP contribution >= 0.6 is 0 Å². The van der Waals surface area contributed by atoms with E-state index in [1.807, 2.05) is 63.2 Å². The molecule has 0 bridgehead atoms. The zero-order valence-electron chi connectivity index (χ0n) is 18.5. The van der Waals surface area contributed by atoms with Crippen LogP contribution in [-0.2, 0) is 0 Å². The van der Waals surface area contributed by atoms with E-state index in [0.29, 0.717) is 48.3 Å². The molecule has 1 N–H and O–H groups in total. The second-order valence-corrected chi connectivity index (χ2v) is 6.60. The van der Waals surface area contributed by atoms with Crippen LogP contribution in [0.15, 0.2) is 72.1 Å². The maximum atomic E-state index is 13.0. The molecule has 2 aromatic carbocycles. The zero-order valence-corrected chi connectivity index (χ0v) is 18.5. The molecule has 7 heteroatoms. The van der Waals surface area contributed by atoms with Crippen molar-refractivity contribution in [1.29, 1.82) is 0 Å². The van der Waals surface area contributed by atoms with Gasteiger partial charge in [-0.25, -0.2) is 5.43 Å². The first kappa shape index (κ1) is 22.8. The summed E-state index contributed by atoms with van der Waals surface area (Å²) in [5.41, 5.74) is 5.35. The summed E-state index contributed by atoms with van der Waals surface area (Å²) >= 11 is 0. The molecule has 0 unspecified atom stereocenters. The number of rotatable bonds is 10. The molecule has 3 aromatic rings. The van der Waals surface area contributed by atoms with Gasteiger partial charge in [-0.15, -0.1) is 0 Å². The Kier molecular flexibility index (Phi) is 8.20. The number of hydrogen-bond acceptors (Lipinski definition) is 6. The van der Waals surface area contributed by atoms with Crippen molar-refractivity contribution in [3.63, 3.8) is 0 Å². The van der Waals surface area contributed by atoms with Crippen molar-refractivity contribution in [1.82, 2.24) is 10.4 Å². The molecule has 0 saturated heterocycles. The molecule has 0 atom stereocenters. The number of ether oxygens (including phenoxy) is 3. The van der Waals surface area contributed by atoms with Gasteiger partial charge in [-0.1, -0.05) is 30.3 Å². The Morgan fingerprint density at radius 2 is 1.38 bits per heavy atom. The Hall–Kier alpha value is -3.87. The summed E-state index contributed by atoms with van der Waals surface area (Å²) in [4.78, 5) is 17.1. The van der Waals surface area contributed by atoms with Crippen LogP contribution in [0, 0.1) is 0 Å². The number of carbonyl (C=O) groups is 1. The van der Waals surface area contributed by atoms with Gasteiger partial charge in [0.1, 0.15) is 0 Å². The van der Waals surface area contributed by atoms with E-state index in [-0.39, 0.29) is 0 Å². The predicted octanol–water partition coefficient (Wildman–Crippen LogP) is 4.46. The fraction of sp³-hybridized carbons (Fsp3) is 0.240. The molecule has 3 rings (SSSR count). The van der Waals surface area contributed by atoms with Crippen molar-refractivity contribution in [3.05, 3.63) is 83.7 Å². The monoisotopic (exact) mass is 433 g/mol. The Bertz CT molecular complexity index is 985. The molecule has 0 aliphatic rings. The molecule has 1 amide bonds. The van der Waals surface area contributed by atoms with E-state index in [1.54, 1.807) is 24.5 Å². The van der Waals surface area contributed by atoms with Gasteiger partial charge in [0.25, 0.3) is 5.91 Å². The topological polar surface area (TPSA) is 82.0 Å². The zero-order chi connectivity index (χ0) is 22.8. The minimum atomic E-state index is -0.391. The number of carbonyl (C=O) groups excluding carboxylic acids is 1. The van der Waals surface area contributed by atoms with E-state index in [4.69, 9.17) is 14.2 Å². The summed E-state index contributed by atoms with van der Waals surface area (Å²) in [6.45, 7) is 6.92. The number of hydrogen-bond donors (Lipinski definition) is 1. The summed E-state index contributed by atoms with van der Waals surface area (Å²) in [7, 11) is 0. The number of hydrazone groups is 1. The molecule has 166 valence electrons. The van der Waals surface area contributed by atoms with E-state index in [2.05, 4.69) is 15.5 Å². The lowest BCUT2D eigenvalue weighted by molar-refractivity contribution is 0.0953. The van der Waals surface area contributed by atoms with E-state index >= 15 is 0 Å². The van der Waals surface area contributed by atoms with Crippen LogP contribution in [0.25, 0.3) is 0 Å². The van der Waals surface area contributed by atoms with Crippen LogP contribution in [-0.4, -0.2) is 36.4 Å². The van der Waals surface area contributed by atoms with Gasteiger partial charge in [-0.3, -0.25) is 9.78 Å². The third kappa shape index (κ3) is 5.63. The number of amides is 1. The molecule has 0 fully saturated rings. The normalized spacial score (nSPS) is 11.0. The number of benzene rings is 2. The highest BCUT2D eigenvalue weighted by molar-refractivity contribution is 6.13. The lowest BCUT2D eigenvalue weighted by Gasteiger charge is -2.16. The van der Waals surface area contributed by atoms with Gasteiger partial charge < -0.3 is 14.2 Å². The van der Waals surface area contributed by atoms with Gasteiger partial charge in [-0.05, 0) is 45.0 Å². The Balaban J connectivity index is 1.96. The van der Waals surface area contributed by atoms with Gasteiger partial charge in [0.15, 0.2) is 11.5 Å². The van der Waals surface area contributed by atoms with Crippen molar-refractivity contribution in [2.45, 2.75) is 20.8 Å². The summed E-state index contributed by atoms with van der Waals surface area (Å²) in [6, 6.07) is 16.6. The maximum absolute atomic E-state index is 13.0. The summed E-state index contributed by atoms with van der Waals surface area (Å²) in [5, 5.41) is 4.43. The lowest BCUT2D eigenvalue weighted by Crippen LogP contribution is -2.21. The van der Waals surface area contributed by atoms with Crippen molar-refractivity contribution in [2.24, 2.45) is 5.10 Å². The van der Waals surface area contributed by atoms with Crippen molar-refractivity contribution in [3.8, 4) is 17.2 Å². The average Bonchev–Trinajstić information content (AvgIpc) is 2.82. The molecule has 0 aliphatic carbocycles. The molecule has 0 radical (unpaired) electrons. The SMILES string of the molecule is CCOc1cc(C(=O)N/N=C(/c2ccccc2)c2ccncc2)cc(OCC)c1OCC. The van der Waals surface area contributed by atoms with Crippen LogP contribution < -0.4 is 19.6 Å². The first-order valence-electron chi connectivity index (χ1n) is 10.6. The quantitative estimate of drug-likeness (QED) is 0.377. The third-order valence-corrected chi connectivity index (χ3v) is 4.44. The standard InChI is InChI=1S/C25H27N3O4/c1-4-30-21-16-20(17-22(31-5-2)24(21)32-6-3)25(29)28-27-23(18-10-8-7-9-11-18)19-12-14-26-15-13-19/h7-17H,4-6H2,1-3H3,(H,28,29)/b27-23-. The van der Waals surface area contributed by atoms with Crippen LogP contribution in [0.1, 0.15) is 42.3 Å². The molecular weight excluding hydrogens is 406 g/mol. The Labute approximate surface area is 188 Å². The lowest BCUT2D eigenvalue weighted by atomic mass is 10.0. The summed E-state index contributed by atoms with van der Waals surface area (Å²) in [5.74, 6) is 0.995. The highest BCUT2D eigenvalue weighted by Gasteiger charge is 2.18. The number of nitrogens with zero attached hydrogens (tertiary/aromatic N) is 2. The second kappa shape index (κ2) is 11.5. The van der Waals surface area contributed by atoms with Crippen molar-refractivity contribution < 1.29 is 19.0 Å². The van der Waals surface area contributed by atoms with Gasteiger partial charge in [0, 0.05) is 29.1 Å². The first-order valence-corrected chi connectivity index (χ1v) is 10.6. The summed E-state index contributed by atoms with van der Waals surface area (Å²) < 4.78 is 17.1. The summed E-state index contributed by atoms with van der Waals surface area (Å²) in [6.07, 6.45) is 3.37. The number of aromatic nitrogens is 1. The largest absolute Gasteiger partial charge is 0.490 e. The van der Waals surface area contributed by atoms with Crippen molar-refractivity contribution >= 4 is 11.6 Å². The molecule has 7 nitrogen and oxygen atoms in total. The molecule has 1 aromatic heterocycles. The van der Waals surface area contributed by atoms with Crippen LogP contribution in [0.2, 0.25) is 0 Å². The minimum Gasteiger partial charge on any atom is -0.490 e. The molecule has 0 aliphatic heterocycles. The van der Waals surface area contributed by atoms with E-state index in [1.165, 1.54) is 0 Å². The number of pyridine rings is 1. The van der Waals surface area contributed by atoms with E-state index in [0.717, 1.165) is 11.1 Å². The molecule has 32 heavy (non-hydrogen) atoms. The van der Waals surface area contributed by atoms with Gasteiger partial charge in [0.2, 0.25) is 5.75 Å². The Morgan fingerprint density at radius 1 is 0.812 bits per heavy atom. The van der Waals surface area contributed by atoms with Crippen LogP contribution in [0.3, 0.4) is 0 Å². The molecule has 1 heterocycles. The van der Waals surface area contributed by atoms with Gasteiger partial charge in [0.05, 0.1) is 25.5 Å².